The second kappa shape index (κ2) is 7.79. The number of nitrogens with zero attached hydrogens (tertiary/aromatic N) is 1. The third-order valence-corrected chi connectivity index (χ3v) is 3.91. The van der Waals surface area contributed by atoms with E-state index in [0.29, 0.717) is 22.9 Å². The van der Waals surface area contributed by atoms with Crippen molar-refractivity contribution in [3.05, 3.63) is 63.7 Å². The number of hydrogen-bond acceptors (Lipinski definition) is 4. The number of rotatable bonds is 6. The van der Waals surface area contributed by atoms with Gasteiger partial charge in [-0.05, 0) is 49.1 Å². The van der Waals surface area contributed by atoms with Crippen LogP contribution in [0.4, 0.5) is 11.4 Å². The summed E-state index contributed by atoms with van der Waals surface area (Å²) < 4.78 is 5.66. The van der Waals surface area contributed by atoms with E-state index in [0.717, 1.165) is 0 Å². The Morgan fingerprint density at radius 3 is 2.28 bits per heavy atom. The molecule has 0 aromatic heterocycles. The Kier molecular flexibility index (Phi) is 5.75. The van der Waals surface area contributed by atoms with Gasteiger partial charge in [0.2, 0.25) is 0 Å². The van der Waals surface area contributed by atoms with E-state index in [4.69, 9.17) is 4.74 Å². The van der Waals surface area contributed by atoms with Crippen molar-refractivity contribution in [1.82, 2.24) is 0 Å². The first-order chi connectivity index (χ1) is 11.8. The summed E-state index contributed by atoms with van der Waals surface area (Å²) in [6.45, 7) is 7.59. The number of nitro benzene ring substituents is 1. The highest BCUT2D eigenvalue weighted by atomic mass is 16.6. The highest BCUT2D eigenvalue weighted by molar-refractivity contribution is 5.94. The van der Waals surface area contributed by atoms with Crippen LogP contribution in [-0.2, 0) is 4.79 Å². The van der Waals surface area contributed by atoms with Gasteiger partial charge in [0.25, 0.3) is 11.6 Å². The van der Waals surface area contributed by atoms with E-state index >= 15 is 0 Å². The number of carbonyl (C=O) groups excluding carboxylic acids is 1. The Balaban J connectivity index is 2.01. The third kappa shape index (κ3) is 4.79. The predicted octanol–water partition coefficient (Wildman–Crippen LogP) is 4.43. The van der Waals surface area contributed by atoms with Crippen molar-refractivity contribution < 1.29 is 14.5 Å². The van der Waals surface area contributed by atoms with Gasteiger partial charge in [0, 0.05) is 17.8 Å². The molecule has 6 nitrogen and oxygen atoms in total. The Morgan fingerprint density at radius 1 is 1.12 bits per heavy atom. The highest BCUT2D eigenvalue weighted by Crippen LogP contribution is 2.22. The van der Waals surface area contributed by atoms with E-state index in [9.17, 15) is 14.9 Å². The van der Waals surface area contributed by atoms with E-state index < -0.39 is 11.0 Å². The molecule has 0 spiro atoms. The predicted molar refractivity (Wildman–Crippen MR) is 97.1 cm³/mol. The molecule has 0 heterocycles. The van der Waals surface area contributed by atoms with E-state index in [2.05, 4.69) is 19.2 Å². The minimum Gasteiger partial charge on any atom is -0.481 e. The molecule has 0 aliphatic heterocycles. The minimum atomic E-state index is -0.695. The molecule has 0 aliphatic carbocycles. The highest BCUT2D eigenvalue weighted by Gasteiger charge is 2.17. The molecule has 0 radical (unpaired) electrons. The van der Waals surface area contributed by atoms with Gasteiger partial charge in [0.05, 0.1) is 4.92 Å². The quantitative estimate of drug-likeness (QED) is 0.622. The van der Waals surface area contributed by atoms with Gasteiger partial charge in [-0.15, -0.1) is 0 Å². The zero-order valence-electron chi connectivity index (χ0n) is 14.8. The van der Waals surface area contributed by atoms with Crippen molar-refractivity contribution >= 4 is 17.3 Å². The smallest absolute Gasteiger partial charge is 0.269 e. The minimum absolute atomic E-state index is 0.00922. The Labute approximate surface area is 147 Å². The number of benzene rings is 2. The standard InChI is InChI=1S/C19H22N2O4/c1-12(2)15-5-8-17(9-6-15)25-14(4)19(22)20-18-10-7-16(21(23)24)11-13(18)3/h5-12,14H,1-4H3,(H,20,22)/t14-/m1/s1. The van der Waals surface area contributed by atoms with Crippen LogP contribution >= 0.6 is 0 Å². The number of aryl methyl sites for hydroxylation is 1. The average molecular weight is 342 g/mol. The second-order valence-corrected chi connectivity index (χ2v) is 6.23. The van der Waals surface area contributed by atoms with Crippen molar-refractivity contribution in [1.29, 1.82) is 0 Å². The van der Waals surface area contributed by atoms with Gasteiger partial charge >= 0.3 is 0 Å². The van der Waals surface area contributed by atoms with Gasteiger partial charge in [0.15, 0.2) is 6.10 Å². The summed E-state index contributed by atoms with van der Waals surface area (Å²) in [5.41, 5.74) is 2.34. The summed E-state index contributed by atoms with van der Waals surface area (Å²) >= 11 is 0. The summed E-state index contributed by atoms with van der Waals surface area (Å²) in [5, 5.41) is 13.5. The van der Waals surface area contributed by atoms with E-state index in [-0.39, 0.29) is 11.6 Å². The van der Waals surface area contributed by atoms with Gasteiger partial charge in [-0.3, -0.25) is 14.9 Å². The molecular formula is C19H22N2O4. The normalized spacial score (nSPS) is 11.9. The molecule has 25 heavy (non-hydrogen) atoms. The van der Waals surface area contributed by atoms with Crippen LogP contribution in [0.15, 0.2) is 42.5 Å². The number of hydrogen-bond donors (Lipinski definition) is 1. The maximum Gasteiger partial charge on any atom is 0.269 e. The zero-order chi connectivity index (χ0) is 18.6. The fourth-order valence-electron chi connectivity index (χ4n) is 2.32. The lowest BCUT2D eigenvalue weighted by Crippen LogP contribution is -2.30. The van der Waals surface area contributed by atoms with Crippen LogP contribution in [0.25, 0.3) is 0 Å². The number of nitro groups is 1. The van der Waals surface area contributed by atoms with Crippen molar-refractivity contribution in [3.63, 3.8) is 0 Å². The van der Waals surface area contributed by atoms with Crippen LogP contribution in [0.2, 0.25) is 0 Å². The molecular weight excluding hydrogens is 320 g/mol. The molecule has 0 bridgehead atoms. The Morgan fingerprint density at radius 2 is 1.76 bits per heavy atom. The molecule has 0 fully saturated rings. The largest absolute Gasteiger partial charge is 0.481 e. The fourth-order valence-corrected chi connectivity index (χ4v) is 2.32. The van der Waals surface area contributed by atoms with Crippen LogP contribution in [0.5, 0.6) is 5.75 Å². The summed E-state index contributed by atoms with van der Waals surface area (Å²) in [6.07, 6.45) is -0.695. The van der Waals surface area contributed by atoms with Crippen molar-refractivity contribution in [2.75, 3.05) is 5.32 Å². The zero-order valence-corrected chi connectivity index (χ0v) is 14.8. The summed E-state index contributed by atoms with van der Waals surface area (Å²) in [4.78, 5) is 22.6. The molecule has 1 N–H and O–H groups in total. The number of ether oxygens (including phenoxy) is 1. The van der Waals surface area contributed by atoms with Gasteiger partial charge in [0.1, 0.15) is 5.75 Å². The third-order valence-electron chi connectivity index (χ3n) is 3.91. The molecule has 0 saturated heterocycles. The van der Waals surface area contributed by atoms with E-state index in [1.807, 2.05) is 24.3 Å². The molecule has 0 saturated carbocycles. The van der Waals surface area contributed by atoms with Crippen LogP contribution in [0.1, 0.15) is 37.8 Å². The summed E-state index contributed by atoms with van der Waals surface area (Å²) in [5.74, 6) is 0.734. The number of amides is 1. The summed E-state index contributed by atoms with van der Waals surface area (Å²) in [6, 6.07) is 11.9. The van der Waals surface area contributed by atoms with Crippen LogP contribution in [0, 0.1) is 17.0 Å². The van der Waals surface area contributed by atoms with Gasteiger partial charge < -0.3 is 10.1 Å². The van der Waals surface area contributed by atoms with Crippen LogP contribution in [-0.4, -0.2) is 16.9 Å². The lowest BCUT2D eigenvalue weighted by molar-refractivity contribution is -0.384. The van der Waals surface area contributed by atoms with E-state index in [1.165, 1.54) is 23.8 Å². The first-order valence-corrected chi connectivity index (χ1v) is 8.10. The average Bonchev–Trinajstić information content (AvgIpc) is 2.56. The number of carbonyl (C=O) groups is 1. The van der Waals surface area contributed by atoms with E-state index in [1.54, 1.807) is 13.8 Å². The summed E-state index contributed by atoms with van der Waals surface area (Å²) in [7, 11) is 0. The van der Waals surface area contributed by atoms with Gasteiger partial charge in [-0.25, -0.2) is 0 Å². The first-order valence-electron chi connectivity index (χ1n) is 8.10. The SMILES string of the molecule is Cc1cc([N+](=O)[O-])ccc1NC(=O)[C@@H](C)Oc1ccc(C(C)C)cc1. The molecule has 0 unspecified atom stereocenters. The first kappa shape index (κ1) is 18.4. The maximum atomic E-state index is 12.3. The van der Waals surface area contributed by atoms with Crippen molar-refractivity contribution in [2.24, 2.45) is 0 Å². The van der Waals surface area contributed by atoms with Gasteiger partial charge in [-0.2, -0.15) is 0 Å². The molecule has 1 amide bonds. The topological polar surface area (TPSA) is 81.5 Å². The van der Waals surface area contributed by atoms with Crippen molar-refractivity contribution in [2.45, 2.75) is 39.7 Å². The fraction of sp³-hybridized carbons (Fsp3) is 0.316. The second-order valence-electron chi connectivity index (χ2n) is 6.23. The number of non-ortho nitro benzene ring substituents is 1. The molecule has 2 aromatic rings. The maximum absolute atomic E-state index is 12.3. The van der Waals surface area contributed by atoms with Crippen molar-refractivity contribution in [3.8, 4) is 5.75 Å². The molecule has 2 aromatic carbocycles. The molecule has 132 valence electrons. The molecule has 1 atom stereocenters. The molecule has 6 heteroatoms. The Hall–Kier alpha value is -2.89. The lowest BCUT2D eigenvalue weighted by atomic mass is 10.0. The number of nitrogens with one attached hydrogen (secondary N) is 1. The molecule has 2 rings (SSSR count). The molecule has 0 aliphatic rings. The Bertz CT molecular complexity index is 769. The number of anilines is 1. The van der Waals surface area contributed by atoms with Crippen LogP contribution < -0.4 is 10.1 Å². The lowest BCUT2D eigenvalue weighted by Gasteiger charge is -2.16. The van der Waals surface area contributed by atoms with Crippen LogP contribution in [0.3, 0.4) is 0 Å². The monoisotopic (exact) mass is 342 g/mol. The van der Waals surface area contributed by atoms with Gasteiger partial charge in [-0.1, -0.05) is 26.0 Å².